The van der Waals surface area contributed by atoms with Gasteiger partial charge in [-0.1, -0.05) is 17.3 Å². The molecule has 6 heteroatoms. The van der Waals surface area contributed by atoms with E-state index < -0.39 is 0 Å². The average Bonchev–Trinajstić information content (AvgIpc) is 3.24. The molecule has 1 aromatic heterocycles. The Bertz CT molecular complexity index is 700. The summed E-state index contributed by atoms with van der Waals surface area (Å²) in [6, 6.07) is 8.92. The summed E-state index contributed by atoms with van der Waals surface area (Å²) in [5.74, 6) is -0.0265. The van der Waals surface area contributed by atoms with Gasteiger partial charge < -0.3 is 14.7 Å². The van der Waals surface area contributed by atoms with Gasteiger partial charge in [0, 0.05) is 31.3 Å². The van der Waals surface area contributed by atoms with E-state index in [-0.39, 0.29) is 17.6 Å². The number of carbonyl (C=O) groups excluding carboxylic acids is 2. The molecule has 0 radical (unpaired) electrons. The van der Waals surface area contributed by atoms with E-state index in [2.05, 4.69) is 10.5 Å². The van der Waals surface area contributed by atoms with E-state index in [1.807, 2.05) is 17.0 Å². The van der Waals surface area contributed by atoms with Crippen LogP contribution in [0.15, 0.2) is 34.9 Å². The minimum Gasteiger partial charge on any atom is -0.351 e. The molecule has 1 aromatic carbocycles. The van der Waals surface area contributed by atoms with Crippen LogP contribution in [0.5, 0.6) is 0 Å². The van der Waals surface area contributed by atoms with Gasteiger partial charge in [0.05, 0.1) is 5.69 Å². The first-order valence-corrected chi connectivity index (χ1v) is 7.73. The summed E-state index contributed by atoms with van der Waals surface area (Å²) in [6.07, 6.45) is 2.16. The molecular weight excluding hydrogens is 294 g/mol. The summed E-state index contributed by atoms with van der Waals surface area (Å²) < 4.78 is 4.91. The summed E-state index contributed by atoms with van der Waals surface area (Å²) >= 11 is 0. The highest BCUT2D eigenvalue weighted by Crippen LogP contribution is 2.13. The number of amides is 2. The molecule has 23 heavy (non-hydrogen) atoms. The normalized spacial score (nSPS) is 14.0. The monoisotopic (exact) mass is 313 g/mol. The number of hydrogen-bond acceptors (Lipinski definition) is 4. The Hall–Kier alpha value is -2.63. The van der Waals surface area contributed by atoms with Gasteiger partial charge >= 0.3 is 0 Å². The largest absolute Gasteiger partial charge is 0.351 e. The topological polar surface area (TPSA) is 75.4 Å². The van der Waals surface area contributed by atoms with Gasteiger partial charge in [-0.25, -0.2) is 0 Å². The van der Waals surface area contributed by atoms with Crippen molar-refractivity contribution in [1.29, 1.82) is 0 Å². The number of rotatable bonds is 4. The van der Waals surface area contributed by atoms with Crippen LogP contribution in [0.4, 0.5) is 0 Å². The summed E-state index contributed by atoms with van der Waals surface area (Å²) in [5, 5.41) is 6.45. The van der Waals surface area contributed by atoms with Crippen molar-refractivity contribution in [1.82, 2.24) is 15.4 Å². The Kier molecular flexibility index (Phi) is 4.41. The van der Waals surface area contributed by atoms with Gasteiger partial charge in [-0.2, -0.15) is 0 Å². The fraction of sp³-hybridized carbons (Fsp3) is 0.353. The van der Waals surface area contributed by atoms with Gasteiger partial charge in [-0.3, -0.25) is 9.59 Å². The Labute approximate surface area is 134 Å². The molecule has 0 aliphatic carbocycles. The lowest BCUT2D eigenvalue weighted by atomic mass is 10.1. The molecule has 2 aromatic rings. The number of likely N-dealkylation sites (tertiary alicyclic amines) is 1. The van der Waals surface area contributed by atoms with Crippen LogP contribution in [0.3, 0.4) is 0 Å². The lowest BCUT2D eigenvalue weighted by Crippen LogP contribution is -2.27. The number of nitrogens with one attached hydrogen (secondary N) is 1. The van der Waals surface area contributed by atoms with Crippen LogP contribution < -0.4 is 5.32 Å². The Morgan fingerprint density at radius 2 is 1.91 bits per heavy atom. The zero-order chi connectivity index (χ0) is 16.2. The van der Waals surface area contributed by atoms with Gasteiger partial charge in [0.2, 0.25) is 5.76 Å². The quantitative estimate of drug-likeness (QED) is 0.938. The molecule has 0 saturated carbocycles. The van der Waals surface area contributed by atoms with E-state index in [0.717, 1.165) is 31.5 Å². The molecular formula is C17H19N3O3. The molecule has 1 saturated heterocycles. The van der Waals surface area contributed by atoms with Crippen molar-refractivity contribution in [2.24, 2.45) is 0 Å². The number of aromatic nitrogens is 1. The number of nitrogens with zero attached hydrogens (tertiary/aromatic N) is 2. The van der Waals surface area contributed by atoms with Crippen LogP contribution in [0.25, 0.3) is 0 Å². The molecule has 120 valence electrons. The van der Waals surface area contributed by atoms with E-state index in [0.29, 0.717) is 17.8 Å². The van der Waals surface area contributed by atoms with Crippen molar-refractivity contribution >= 4 is 11.8 Å². The number of hydrogen-bond donors (Lipinski definition) is 1. The Morgan fingerprint density at radius 3 is 2.52 bits per heavy atom. The maximum atomic E-state index is 12.2. The second kappa shape index (κ2) is 6.64. The molecule has 2 amide bonds. The van der Waals surface area contributed by atoms with Crippen LogP contribution in [0, 0.1) is 6.92 Å². The summed E-state index contributed by atoms with van der Waals surface area (Å²) in [7, 11) is 0. The second-order valence-corrected chi connectivity index (χ2v) is 5.71. The van der Waals surface area contributed by atoms with Gasteiger partial charge in [0.25, 0.3) is 11.8 Å². The highest BCUT2D eigenvalue weighted by atomic mass is 16.5. The van der Waals surface area contributed by atoms with Crippen molar-refractivity contribution < 1.29 is 14.1 Å². The summed E-state index contributed by atoms with van der Waals surface area (Å²) in [6.45, 7) is 3.81. The molecule has 1 aliphatic rings. The highest BCUT2D eigenvalue weighted by molar-refractivity contribution is 5.94. The van der Waals surface area contributed by atoms with Crippen molar-refractivity contribution in [2.45, 2.75) is 26.3 Å². The van der Waals surface area contributed by atoms with E-state index in [4.69, 9.17) is 4.52 Å². The average molecular weight is 313 g/mol. The SMILES string of the molecule is Cc1cc(C(=O)NCc2ccc(C(=O)N3CCCC3)cc2)on1. The van der Waals surface area contributed by atoms with Crippen LogP contribution >= 0.6 is 0 Å². The lowest BCUT2D eigenvalue weighted by Gasteiger charge is -2.15. The molecule has 0 unspecified atom stereocenters. The lowest BCUT2D eigenvalue weighted by molar-refractivity contribution is 0.0792. The second-order valence-electron chi connectivity index (χ2n) is 5.71. The number of aryl methyl sites for hydroxylation is 1. The maximum Gasteiger partial charge on any atom is 0.290 e. The van der Waals surface area contributed by atoms with Gasteiger partial charge in [0.1, 0.15) is 0 Å². The molecule has 0 spiro atoms. The van der Waals surface area contributed by atoms with Gasteiger partial charge in [0.15, 0.2) is 0 Å². The first kappa shape index (κ1) is 15.3. The molecule has 0 bridgehead atoms. The van der Waals surface area contributed by atoms with Crippen LogP contribution in [-0.4, -0.2) is 35.0 Å². The van der Waals surface area contributed by atoms with E-state index in [9.17, 15) is 9.59 Å². The smallest absolute Gasteiger partial charge is 0.290 e. The molecule has 3 rings (SSSR count). The van der Waals surface area contributed by atoms with Crippen molar-refractivity contribution in [3.05, 3.63) is 52.9 Å². The van der Waals surface area contributed by atoms with Crippen LogP contribution in [0.2, 0.25) is 0 Å². The summed E-state index contributed by atoms with van der Waals surface area (Å²) in [4.78, 5) is 26.0. The zero-order valence-electron chi connectivity index (χ0n) is 13.0. The molecule has 0 atom stereocenters. The van der Waals surface area contributed by atoms with E-state index >= 15 is 0 Å². The van der Waals surface area contributed by atoms with Crippen molar-refractivity contribution in [2.75, 3.05) is 13.1 Å². The van der Waals surface area contributed by atoms with Crippen LogP contribution in [0.1, 0.15) is 45.0 Å². The molecule has 1 aliphatic heterocycles. The van der Waals surface area contributed by atoms with Gasteiger partial charge in [-0.05, 0) is 37.5 Å². The van der Waals surface area contributed by atoms with E-state index in [1.165, 1.54) is 0 Å². The van der Waals surface area contributed by atoms with Crippen molar-refractivity contribution in [3.8, 4) is 0 Å². The standard InChI is InChI=1S/C17H19N3O3/c1-12-10-15(23-19-12)16(21)18-11-13-4-6-14(7-5-13)17(22)20-8-2-3-9-20/h4-7,10H,2-3,8-9,11H2,1H3,(H,18,21). The predicted molar refractivity (Wildman–Crippen MR) is 84.0 cm³/mol. The number of carbonyl (C=O) groups is 2. The first-order chi connectivity index (χ1) is 11.1. The summed E-state index contributed by atoms with van der Waals surface area (Å²) in [5.41, 5.74) is 2.28. The third kappa shape index (κ3) is 3.59. The third-order valence-electron chi connectivity index (χ3n) is 3.90. The first-order valence-electron chi connectivity index (χ1n) is 7.73. The molecule has 6 nitrogen and oxygen atoms in total. The molecule has 2 heterocycles. The number of benzene rings is 1. The minimum absolute atomic E-state index is 0.0789. The van der Waals surface area contributed by atoms with Crippen molar-refractivity contribution in [3.63, 3.8) is 0 Å². The minimum atomic E-state index is -0.303. The van der Waals surface area contributed by atoms with Crippen LogP contribution in [-0.2, 0) is 6.54 Å². The molecule has 1 N–H and O–H groups in total. The predicted octanol–water partition coefficient (Wildman–Crippen LogP) is 2.15. The maximum absolute atomic E-state index is 12.2. The third-order valence-corrected chi connectivity index (χ3v) is 3.90. The highest BCUT2D eigenvalue weighted by Gasteiger charge is 2.19. The van der Waals surface area contributed by atoms with Gasteiger partial charge in [-0.15, -0.1) is 0 Å². The molecule has 1 fully saturated rings. The fourth-order valence-electron chi connectivity index (χ4n) is 2.61. The zero-order valence-corrected chi connectivity index (χ0v) is 13.0. The fourth-order valence-corrected chi connectivity index (χ4v) is 2.61. The Balaban J connectivity index is 1.57. The Morgan fingerprint density at radius 1 is 1.22 bits per heavy atom. The van der Waals surface area contributed by atoms with E-state index in [1.54, 1.807) is 25.1 Å².